The fourth-order valence-corrected chi connectivity index (χ4v) is 4.50. The molecule has 1 aliphatic heterocycles. The molecule has 5 heteroatoms. The quantitative estimate of drug-likeness (QED) is 0.204. The zero-order chi connectivity index (χ0) is 22.8. The predicted octanol–water partition coefficient (Wildman–Crippen LogP) is 6.83. The molecule has 4 nitrogen and oxygen atoms in total. The van der Waals surface area contributed by atoms with Crippen LogP contribution in [0, 0.1) is 3.57 Å². The largest absolute Gasteiger partial charge is 0.488 e. The Kier molecular flexibility index (Phi) is 5.96. The first-order valence-corrected chi connectivity index (χ1v) is 11.7. The Bertz CT molecular complexity index is 1410. The van der Waals surface area contributed by atoms with E-state index in [4.69, 9.17) is 4.74 Å². The molecule has 0 saturated carbocycles. The lowest BCUT2D eigenvalue weighted by Gasteiger charge is -2.11. The zero-order valence-electron chi connectivity index (χ0n) is 18.0. The smallest absolute Gasteiger partial charge is 0.280 e. The lowest BCUT2D eigenvalue weighted by Crippen LogP contribution is -2.21. The first kappa shape index (κ1) is 21.4. The molecule has 162 valence electrons. The molecule has 0 N–H and O–H groups in total. The maximum Gasteiger partial charge on any atom is 0.280 e. The minimum absolute atomic E-state index is 0.120. The van der Waals surface area contributed by atoms with Gasteiger partial charge in [0.25, 0.3) is 5.91 Å². The van der Waals surface area contributed by atoms with Crippen molar-refractivity contribution in [1.29, 1.82) is 0 Å². The summed E-state index contributed by atoms with van der Waals surface area (Å²) in [6.07, 6.45) is 1.89. The van der Waals surface area contributed by atoms with Gasteiger partial charge in [0.15, 0.2) is 0 Å². The van der Waals surface area contributed by atoms with Crippen LogP contribution in [-0.2, 0) is 11.4 Å². The molecule has 0 saturated heterocycles. The predicted molar refractivity (Wildman–Crippen MR) is 142 cm³/mol. The summed E-state index contributed by atoms with van der Waals surface area (Å²) in [6.45, 7) is 2.36. The molecule has 33 heavy (non-hydrogen) atoms. The summed E-state index contributed by atoms with van der Waals surface area (Å²) in [7, 11) is 0. The second-order valence-corrected chi connectivity index (χ2v) is 9.02. The Morgan fingerprint density at radius 1 is 0.909 bits per heavy atom. The van der Waals surface area contributed by atoms with Gasteiger partial charge < -0.3 is 4.74 Å². The molecule has 0 aromatic heterocycles. The van der Waals surface area contributed by atoms with Crippen molar-refractivity contribution in [2.75, 3.05) is 5.01 Å². The van der Waals surface area contributed by atoms with Crippen molar-refractivity contribution in [2.45, 2.75) is 13.5 Å². The normalized spacial score (nSPS) is 14.7. The van der Waals surface area contributed by atoms with Crippen LogP contribution in [0.2, 0.25) is 0 Å². The fourth-order valence-electron chi connectivity index (χ4n) is 3.81. The van der Waals surface area contributed by atoms with Crippen LogP contribution in [0.3, 0.4) is 0 Å². The summed E-state index contributed by atoms with van der Waals surface area (Å²) < 4.78 is 7.08. The topological polar surface area (TPSA) is 41.9 Å². The van der Waals surface area contributed by atoms with E-state index in [0.717, 1.165) is 26.1 Å². The highest BCUT2D eigenvalue weighted by atomic mass is 127. The lowest BCUT2D eigenvalue weighted by atomic mass is 10.1. The van der Waals surface area contributed by atoms with Crippen molar-refractivity contribution in [1.82, 2.24) is 0 Å². The second kappa shape index (κ2) is 9.19. The summed E-state index contributed by atoms with van der Waals surface area (Å²) in [5.74, 6) is 0.699. The second-order valence-electron chi connectivity index (χ2n) is 7.86. The maximum atomic E-state index is 12.9. The zero-order valence-corrected chi connectivity index (χ0v) is 20.2. The molecule has 0 atom stereocenters. The molecule has 0 spiro atoms. The number of amides is 1. The number of hydrogen-bond acceptors (Lipinski definition) is 3. The first-order valence-electron chi connectivity index (χ1n) is 10.7. The molecular formula is C28H21IN2O2. The van der Waals surface area contributed by atoms with E-state index in [1.54, 1.807) is 0 Å². The molecule has 1 aliphatic rings. The highest BCUT2D eigenvalue weighted by Gasteiger charge is 2.28. The van der Waals surface area contributed by atoms with Crippen molar-refractivity contribution >= 4 is 56.7 Å². The van der Waals surface area contributed by atoms with Crippen molar-refractivity contribution in [3.63, 3.8) is 0 Å². The van der Waals surface area contributed by atoms with Crippen LogP contribution in [0.4, 0.5) is 5.69 Å². The van der Waals surface area contributed by atoms with Crippen LogP contribution in [0.5, 0.6) is 5.75 Å². The summed E-state index contributed by atoms with van der Waals surface area (Å²) in [6, 6.07) is 30.1. The van der Waals surface area contributed by atoms with Gasteiger partial charge in [0.2, 0.25) is 0 Å². The fraction of sp³-hybridized carbons (Fsp3) is 0.0714. The van der Waals surface area contributed by atoms with Gasteiger partial charge >= 0.3 is 0 Å². The third kappa shape index (κ3) is 4.54. The molecule has 4 aromatic rings. The van der Waals surface area contributed by atoms with Crippen LogP contribution in [-0.4, -0.2) is 11.6 Å². The number of benzene rings is 4. The number of nitrogens with zero attached hydrogens (tertiary/aromatic N) is 2. The van der Waals surface area contributed by atoms with Crippen molar-refractivity contribution in [3.05, 3.63) is 111 Å². The molecule has 0 bridgehead atoms. The number of fused-ring (bicyclic) bond motifs is 1. The highest BCUT2D eigenvalue weighted by Crippen LogP contribution is 2.28. The van der Waals surface area contributed by atoms with Gasteiger partial charge in [0.05, 0.1) is 20.5 Å². The van der Waals surface area contributed by atoms with Crippen molar-refractivity contribution in [2.24, 2.45) is 5.10 Å². The van der Waals surface area contributed by atoms with Crippen LogP contribution < -0.4 is 9.75 Å². The summed E-state index contributed by atoms with van der Waals surface area (Å²) in [5, 5.41) is 8.33. The van der Waals surface area contributed by atoms with Gasteiger partial charge in [-0.05, 0) is 87.8 Å². The summed E-state index contributed by atoms with van der Waals surface area (Å²) >= 11 is 2.27. The lowest BCUT2D eigenvalue weighted by molar-refractivity contribution is -0.114. The summed E-state index contributed by atoms with van der Waals surface area (Å²) in [4.78, 5) is 12.9. The van der Waals surface area contributed by atoms with E-state index in [2.05, 4.69) is 58.0 Å². The number of halogens is 1. The van der Waals surface area contributed by atoms with E-state index in [1.807, 2.05) is 73.7 Å². The molecule has 4 aromatic carbocycles. The third-order valence-corrected chi connectivity index (χ3v) is 6.38. The van der Waals surface area contributed by atoms with E-state index in [-0.39, 0.29) is 5.91 Å². The molecule has 0 fully saturated rings. The molecule has 0 unspecified atom stereocenters. The minimum atomic E-state index is -0.120. The van der Waals surface area contributed by atoms with Crippen LogP contribution in [0.15, 0.2) is 102 Å². The number of carbonyl (C=O) groups is 1. The number of rotatable bonds is 5. The van der Waals surface area contributed by atoms with Gasteiger partial charge in [-0.1, -0.05) is 60.7 Å². The van der Waals surface area contributed by atoms with E-state index in [0.29, 0.717) is 17.9 Å². The number of anilines is 1. The van der Waals surface area contributed by atoms with E-state index >= 15 is 0 Å². The van der Waals surface area contributed by atoms with Crippen LogP contribution in [0.1, 0.15) is 18.1 Å². The van der Waals surface area contributed by atoms with Gasteiger partial charge in [0, 0.05) is 0 Å². The minimum Gasteiger partial charge on any atom is -0.488 e. The standard InChI is InChI=1S/C28H21IN2O2/c1-19-25(28(32)31(30-19)24-9-3-2-4-10-24)16-20-12-14-27(26(29)17-20)33-18-21-11-13-22-7-5-6-8-23(22)15-21/h2-17H,18H2,1H3/b25-16+. The average Bonchev–Trinajstić information content (AvgIpc) is 3.12. The van der Waals surface area contributed by atoms with E-state index in [9.17, 15) is 4.79 Å². The number of hydrogen-bond donors (Lipinski definition) is 0. The van der Waals surface area contributed by atoms with Crippen molar-refractivity contribution in [3.8, 4) is 5.75 Å². The van der Waals surface area contributed by atoms with Gasteiger partial charge in [-0.25, -0.2) is 0 Å². The molecule has 5 rings (SSSR count). The van der Waals surface area contributed by atoms with Crippen LogP contribution >= 0.6 is 22.6 Å². The summed E-state index contributed by atoms with van der Waals surface area (Å²) in [5.41, 5.74) is 4.12. The molecule has 1 heterocycles. The molecule has 1 amide bonds. The number of para-hydroxylation sites is 1. The van der Waals surface area contributed by atoms with E-state index in [1.165, 1.54) is 15.8 Å². The molecular weight excluding hydrogens is 523 g/mol. The Morgan fingerprint density at radius 3 is 2.45 bits per heavy atom. The Hall–Kier alpha value is -3.45. The number of carbonyl (C=O) groups excluding carboxylic acids is 1. The van der Waals surface area contributed by atoms with Gasteiger partial charge in [0.1, 0.15) is 12.4 Å². The van der Waals surface area contributed by atoms with Gasteiger partial charge in [-0.3, -0.25) is 4.79 Å². The van der Waals surface area contributed by atoms with Gasteiger partial charge in [-0.2, -0.15) is 10.1 Å². The highest BCUT2D eigenvalue weighted by molar-refractivity contribution is 14.1. The third-order valence-electron chi connectivity index (χ3n) is 5.54. The Labute approximate surface area is 206 Å². The van der Waals surface area contributed by atoms with E-state index < -0.39 is 0 Å². The van der Waals surface area contributed by atoms with Crippen molar-refractivity contribution < 1.29 is 9.53 Å². The Morgan fingerprint density at radius 2 is 1.67 bits per heavy atom. The SMILES string of the molecule is CC1=NN(c2ccccc2)C(=O)/C1=C/c1ccc(OCc2ccc3ccccc3c2)c(I)c1. The first-order chi connectivity index (χ1) is 16.1. The average molecular weight is 544 g/mol. The number of hydrazone groups is 1. The molecule has 0 aliphatic carbocycles. The molecule has 0 radical (unpaired) electrons. The van der Waals surface area contributed by atoms with Gasteiger partial charge in [-0.15, -0.1) is 0 Å². The maximum absolute atomic E-state index is 12.9. The van der Waals surface area contributed by atoms with Crippen LogP contribution in [0.25, 0.3) is 16.8 Å². The monoisotopic (exact) mass is 544 g/mol. The Balaban J connectivity index is 1.32. The number of ether oxygens (including phenoxy) is 1.